The number of nitrogens with one attached hydrogen (secondary N) is 2. The lowest BCUT2D eigenvalue weighted by Gasteiger charge is -2.34. The molecule has 0 fully saturated rings. The predicted octanol–water partition coefficient (Wildman–Crippen LogP) is 4.01. The first-order valence-electron chi connectivity index (χ1n) is 8.23. The van der Waals surface area contributed by atoms with Crippen molar-refractivity contribution >= 4 is 29.2 Å². The van der Waals surface area contributed by atoms with Crippen LogP contribution < -0.4 is 10.6 Å². The van der Waals surface area contributed by atoms with Crippen LogP contribution >= 0.6 is 11.8 Å². The van der Waals surface area contributed by atoms with Gasteiger partial charge < -0.3 is 10.6 Å². The highest BCUT2D eigenvalue weighted by atomic mass is 32.2. The Labute approximate surface area is 150 Å². The number of nitrogens with zero attached hydrogens (tertiary/aromatic N) is 2. The van der Waals surface area contributed by atoms with Gasteiger partial charge in [0.2, 0.25) is 11.6 Å². The average molecular weight is 356 g/mol. The number of fused-ring (bicyclic) bond motifs is 1. The molecular formula is C18H20N4O2S. The number of carbonyl (C=O) groups is 1. The van der Waals surface area contributed by atoms with Crippen molar-refractivity contribution in [2.45, 2.75) is 37.6 Å². The molecule has 1 atom stereocenters. The van der Waals surface area contributed by atoms with Gasteiger partial charge in [0.05, 0.1) is 6.04 Å². The maximum absolute atomic E-state index is 13.0. The maximum atomic E-state index is 13.0. The number of thioether (sulfide) groups is 1. The van der Waals surface area contributed by atoms with Crippen molar-refractivity contribution in [3.05, 3.63) is 41.1 Å². The minimum atomic E-state index is -0.268. The quantitative estimate of drug-likeness (QED) is 0.787. The summed E-state index contributed by atoms with van der Waals surface area (Å²) < 4.78 is 4.87. The number of hydrogen-bond acceptors (Lipinski definition) is 7. The molecule has 25 heavy (non-hydrogen) atoms. The molecule has 0 amide bonds. The van der Waals surface area contributed by atoms with Crippen LogP contribution in [0.15, 0.2) is 45.1 Å². The van der Waals surface area contributed by atoms with Crippen LogP contribution in [0.25, 0.3) is 0 Å². The van der Waals surface area contributed by atoms with Crippen molar-refractivity contribution in [1.29, 1.82) is 0 Å². The summed E-state index contributed by atoms with van der Waals surface area (Å²) in [4.78, 5) is 14.2. The SMILES string of the molecule is CSc1ccc([C@H]2Nc3nonc3NC3=C2C(=O)CC(C)(C)C3)cc1. The van der Waals surface area contributed by atoms with Crippen LogP contribution in [0.5, 0.6) is 0 Å². The number of carbonyl (C=O) groups excluding carboxylic acids is 1. The number of anilines is 2. The molecule has 0 radical (unpaired) electrons. The van der Waals surface area contributed by atoms with Crippen LogP contribution in [0, 0.1) is 5.41 Å². The minimum Gasteiger partial charge on any atom is -0.353 e. The first kappa shape index (κ1) is 16.2. The predicted molar refractivity (Wildman–Crippen MR) is 97.6 cm³/mol. The van der Waals surface area contributed by atoms with Gasteiger partial charge in [0.25, 0.3) is 0 Å². The van der Waals surface area contributed by atoms with E-state index in [2.05, 4.69) is 59.1 Å². The van der Waals surface area contributed by atoms with Gasteiger partial charge in [0, 0.05) is 22.6 Å². The molecule has 1 aromatic heterocycles. The van der Waals surface area contributed by atoms with E-state index in [1.807, 2.05) is 6.26 Å². The largest absolute Gasteiger partial charge is 0.353 e. The number of rotatable bonds is 2. The molecule has 130 valence electrons. The Bertz CT molecular complexity index is 854. The van der Waals surface area contributed by atoms with Gasteiger partial charge in [-0.05, 0) is 46.1 Å². The fourth-order valence-electron chi connectivity index (χ4n) is 3.54. The molecule has 2 heterocycles. The summed E-state index contributed by atoms with van der Waals surface area (Å²) in [7, 11) is 0. The maximum Gasteiger partial charge on any atom is 0.219 e. The first-order valence-corrected chi connectivity index (χ1v) is 9.46. The molecule has 4 rings (SSSR count). The summed E-state index contributed by atoms with van der Waals surface area (Å²) in [6.07, 6.45) is 3.36. The van der Waals surface area contributed by atoms with Gasteiger partial charge in [0.15, 0.2) is 5.78 Å². The van der Waals surface area contributed by atoms with Crippen molar-refractivity contribution in [3.8, 4) is 0 Å². The lowest BCUT2D eigenvalue weighted by atomic mass is 9.73. The van der Waals surface area contributed by atoms with Gasteiger partial charge in [0.1, 0.15) is 0 Å². The Morgan fingerprint density at radius 2 is 1.88 bits per heavy atom. The molecule has 2 aromatic rings. The molecule has 0 saturated heterocycles. The van der Waals surface area contributed by atoms with Crippen molar-refractivity contribution in [2.24, 2.45) is 5.41 Å². The topological polar surface area (TPSA) is 80.1 Å². The number of Topliss-reactive ketones (excluding diaryl/α,β-unsaturated/α-hetero) is 1. The fraction of sp³-hybridized carbons (Fsp3) is 0.389. The van der Waals surface area contributed by atoms with Crippen molar-refractivity contribution < 1.29 is 9.42 Å². The summed E-state index contributed by atoms with van der Waals surface area (Å²) in [5, 5.41) is 14.5. The summed E-state index contributed by atoms with van der Waals surface area (Å²) in [6.45, 7) is 4.22. The van der Waals surface area contributed by atoms with Gasteiger partial charge in [-0.2, -0.15) is 0 Å². The molecule has 2 N–H and O–H groups in total. The standard InChI is InChI=1S/C18H20N4O2S/c1-18(2)8-12-14(13(23)9-18)15(10-4-6-11(25-3)7-5-10)20-17-16(19-12)21-24-22-17/h4-7,15H,8-9H2,1-3H3,(H,19,21)(H,20,22)/t15-/m1/s1. The summed E-state index contributed by atoms with van der Waals surface area (Å²) >= 11 is 1.69. The van der Waals surface area contributed by atoms with Crippen LogP contribution in [0.2, 0.25) is 0 Å². The second-order valence-electron chi connectivity index (χ2n) is 7.27. The second kappa shape index (κ2) is 5.91. The van der Waals surface area contributed by atoms with Gasteiger partial charge >= 0.3 is 0 Å². The molecule has 1 aliphatic carbocycles. The van der Waals surface area contributed by atoms with Crippen LogP contribution in [-0.2, 0) is 4.79 Å². The average Bonchev–Trinajstić information content (AvgIpc) is 2.93. The third-order valence-electron chi connectivity index (χ3n) is 4.70. The molecule has 0 spiro atoms. The van der Waals surface area contributed by atoms with E-state index < -0.39 is 0 Å². The molecule has 1 aromatic carbocycles. The van der Waals surface area contributed by atoms with Gasteiger partial charge in [-0.1, -0.05) is 26.0 Å². The van der Waals surface area contributed by atoms with Crippen LogP contribution in [0.4, 0.5) is 11.6 Å². The van der Waals surface area contributed by atoms with E-state index in [4.69, 9.17) is 4.63 Å². The zero-order chi connectivity index (χ0) is 17.6. The minimum absolute atomic E-state index is 0.0855. The summed E-state index contributed by atoms with van der Waals surface area (Å²) in [6, 6.07) is 7.98. The van der Waals surface area contributed by atoms with Gasteiger partial charge in [-0.25, -0.2) is 4.63 Å². The first-order chi connectivity index (χ1) is 12.0. The Kier molecular flexibility index (Phi) is 3.83. The third-order valence-corrected chi connectivity index (χ3v) is 5.44. The number of hydrogen-bond donors (Lipinski definition) is 2. The van der Waals surface area contributed by atoms with Crippen molar-refractivity contribution in [1.82, 2.24) is 10.3 Å². The van der Waals surface area contributed by atoms with E-state index in [9.17, 15) is 4.79 Å². The highest BCUT2D eigenvalue weighted by Gasteiger charge is 2.39. The number of allylic oxidation sites excluding steroid dienone is 1. The smallest absolute Gasteiger partial charge is 0.219 e. The normalized spacial score (nSPS) is 21.7. The second-order valence-corrected chi connectivity index (χ2v) is 8.15. The third kappa shape index (κ3) is 2.93. The summed E-state index contributed by atoms with van der Waals surface area (Å²) in [5.41, 5.74) is 2.62. The molecule has 2 aliphatic rings. The Balaban J connectivity index is 1.83. The Morgan fingerprint density at radius 3 is 2.60 bits per heavy atom. The van der Waals surface area contributed by atoms with Crippen LogP contribution in [0.3, 0.4) is 0 Å². The van der Waals surface area contributed by atoms with E-state index in [0.717, 1.165) is 23.3 Å². The van der Waals surface area contributed by atoms with Gasteiger partial charge in [-0.15, -0.1) is 11.8 Å². The molecule has 0 unspecified atom stereocenters. The zero-order valence-electron chi connectivity index (χ0n) is 14.4. The van der Waals surface area contributed by atoms with E-state index in [1.54, 1.807) is 11.8 Å². The monoisotopic (exact) mass is 356 g/mol. The summed E-state index contributed by atoms with van der Waals surface area (Å²) in [5.74, 6) is 1.22. The lowest BCUT2D eigenvalue weighted by Crippen LogP contribution is -2.31. The molecule has 0 bridgehead atoms. The molecule has 7 heteroatoms. The molecular weight excluding hydrogens is 336 g/mol. The Morgan fingerprint density at radius 1 is 1.16 bits per heavy atom. The molecule has 1 aliphatic heterocycles. The van der Waals surface area contributed by atoms with Crippen molar-refractivity contribution in [2.75, 3.05) is 16.9 Å². The van der Waals surface area contributed by atoms with E-state index >= 15 is 0 Å². The van der Waals surface area contributed by atoms with Crippen LogP contribution in [0.1, 0.15) is 38.3 Å². The highest BCUT2D eigenvalue weighted by Crippen LogP contribution is 2.44. The van der Waals surface area contributed by atoms with Crippen molar-refractivity contribution in [3.63, 3.8) is 0 Å². The molecule has 0 saturated carbocycles. The van der Waals surface area contributed by atoms with Crippen LogP contribution in [-0.4, -0.2) is 22.4 Å². The van der Waals surface area contributed by atoms with Gasteiger partial charge in [-0.3, -0.25) is 4.79 Å². The van der Waals surface area contributed by atoms with E-state index in [-0.39, 0.29) is 17.2 Å². The number of benzene rings is 1. The fourth-order valence-corrected chi connectivity index (χ4v) is 3.95. The van der Waals surface area contributed by atoms with E-state index in [1.165, 1.54) is 4.90 Å². The van der Waals surface area contributed by atoms with E-state index in [0.29, 0.717) is 18.1 Å². The number of aromatic nitrogens is 2. The zero-order valence-corrected chi connectivity index (χ0v) is 15.2. The lowest BCUT2D eigenvalue weighted by molar-refractivity contribution is -0.118. The Hall–Kier alpha value is -2.28. The highest BCUT2D eigenvalue weighted by molar-refractivity contribution is 7.98. The molecule has 6 nitrogen and oxygen atoms in total. The number of ketones is 1.